The Hall–Kier alpha value is -1.17. The van der Waals surface area contributed by atoms with E-state index in [-0.39, 0.29) is 12.6 Å². The largest absolute Gasteiger partial charge is 0.457 e. The van der Waals surface area contributed by atoms with Crippen LogP contribution in [0.15, 0.2) is 16.5 Å². The van der Waals surface area contributed by atoms with Gasteiger partial charge in [-0.15, -0.1) is 0 Å². The molecule has 16 heavy (non-hydrogen) atoms. The Morgan fingerprint density at radius 1 is 1.56 bits per heavy atom. The van der Waals surface area contributed by atoms with E-state index in [1.807, 2.05) is 0 Å². The SMILES string of the molecule is O=Cc1ccc(CN2CCOCC2CO)o1. The highest BCUT2D eigenvalue weighted by Crippen LogP contribution is 2.14. The van der Waals surface area contributed by atoms with Gasteiger partial charge < -0.3 is 14.3 Å². The molecule has 0 bridgehead atoms. The Bertz CT molecular complexity index is 350. The quantitative estimate of drug-likeness (QED) is 0.746. The Morgan fingerprint density at radius 3 is 3.12 bits per heavy atom. The Morgan fingerprint density at radius 2 is 2.44 bits per heavy atom. The molecule has 1 fully saturated rings. The van der Waals surface area contributed by atoms with Crippen LogP contribution in [0.25, 0.3) is 0 Å². The second-order valence-corrected chi connectivity index (χ2v) is 3.80. The molecule has 1 aromatic heterocycles. The lowest BCUT2D eigenvalue weighted by molar-refractivity contribution is -0.0336. The first-order chi connectivity index (χ1) is 7.83. The number of aldehydes is 1. The van der Waals surface area contributed by atoms with Crippen molar-refractivity contribution in [2.24, 2.45) is 0 Å². The zero-order chi connectivity index (χ0) is 11.4. The molecule has 88 valence electrons. The number of rotatable bonds is 4. The molecule has 1 N–H and O–H groups in total. The second kappa shape index (κ2) is 5.25. The summed E-state index contributed by atoms with van der Waals surface area (Å²) in [6.07, 6.45) is 0.687. The molecule has 0 spiro atoms. The molecule has 1 aliphatic rings. The molecule has 5 heteroatoms. The maximum Gasteiger partial charge on any atom is 0.185 e. The van der Waals surface area contributed by atoms with Crippen molar-refractivity contribution in [2.75, 3.05) is 26.4 Å². The van der Waals surface area contributed by atoms with E-state index < -0.39 is 0 Å². The van der Waals surface area contributed by atoms with E-state index in [1.54, 1.807) is 12.1 Å². The summed E-state index contributed by atoms with van der Waals surface area (Å²) in [6.45, 7) is 2.64. The third-order valence-electron chi connectivity index (χ3n) is 2.72. The summed E-state index contributed by atoms with van der Waals surface area (Å²) in [7, 11) is 0. The van der Waals surface area contributed by atoms with E-state index in [9.17, 15) is 9.90 Å². The number of morpholine rings is 1. The van der Waals surface area contributed by atoms with Gasteiger partial charge in [0.05, 0.1) is 32.4 Å². The van der Waals surface area contributed by atoms with Crippen LogP contribution in [-0.4, -0.2) is 48.7 Å². The molecule has 1 atom stereocenters. The van der Waals surface area contributed by atoms with Crippen LogP contribution in [0.2, 0.25) is 0 Å². The van der Waals surface area contributed by atoms with Crippen LogP contribution >= 0.6 is 0 Å². The minimum atomic E-state index is 0.0125. The summed E-state index contributed by atoms with van der Waals surface area (Å²) in [5, 5.41) is 9.18. The third kappa shape index (κ3) is 2.49. The van der Waals surface area contributed by atoms with Gasteiger partial charge in [-0.2, -0.15) is 0 Å². The molecule has 0 amide bonds. The van der Waals surface area contributed by atoms with E-state index in [4.69, 9.17) is 9.15 Å². The van der Waals surface area contributed by atoms with E-state index >= 15 is 0 Å². The van der Waals surface area contributed by atoms with Gasteiger partial charge in [0.2, 0.25) is 0 Å². The highest BCUT2D eigenvalue weighted by Gasteiger charge is 2.23. The van der Waals surface area contributed by atoms with Crippen molar-refractivity contribution in [3.63, 3.8) is 0 Å². The topological polar surface area (TPSA) is 62.9 Å². The molecule has 2 rings (SSSR count). The van der Waals surface area contributed by atoms with Gasteiger partial charge in [0.25, 0.3) is 0 Å². The zero-order valence-corrected chi connectivity index (χ0v) is 8.96. The van der Waals surface area contributed by atoms with Crippen molar-refractivity contribution in [3.8, 4) is 0 Å². The van der Waals surface area contributed by atoms with Gasteiger partial charge >= 0.3 is 0 Å². The predicted molar refractivity (Wildman–Crippen MR) is 56.2 cm³/mol. The lowest BCUT2D eigenvalue weighted by Crippen LogP contribution is -2.46. The van der Waals surface area contributed by atoms with Gasteiger partial charge in [0.1, 0.15) is 5.76 Å². The first kappa shape index (κ1) is 11.3. The number of aliphatic hydroxyl groups is 1. The second-order valence-electron chi connectivity index (χ2n) is 3.80. The summed E-state index contributed by atoms with van der Waals surface area (Å²) >= 11 is 0. The minimum Gasteiger partial charge on any atom is -0.457 e. The lowest BCUT2D eigenvalue weighted by Gasteiger charge is -2.33. The summed E-state index contributed by atoms with van der Waals surface area (Å²) in [6, 6.07) is 3.45. The average molecular weight is 225 g/mol. The normalized spacial score (nSPS) is 22.2. The molecule has 0 saturated carbocycles. The minimum absolute atomic E-state index is 0.0125. The molecule has 0 radical (unpaired) electrons. The lowest BCUT2D eigenvalue weighted by atomic mass is 10.2. The highest BCUT2D eigenvalue weighted by atomic mass is 16.5. The van der Waals surface area contributed by atoms with Gasteiger partial charge in [-0.3, -0.25) is 9.69 Å². The van der Waals surface area contributed by atoms with Crippen LogP contribution in [0.3, 0.4) is 0 Å². The number of hydrogen-bond donors (Lipinski definition) is 1. The first-order valence-electron chi connectivity index (χ1n) is 5.30. The summed E-state index contributed by atoms with van der Waals surface area (Å²) in [5.74, 6) is 1.08. The summed E-state index contributed by atoms with van der Waals surface area (Å²) in [5.41, 5.74) is 0. The molecule has 2 heterocycles. The number of carbonyl (C=O) groups is 1. The van der Waals surface area contributed by atoms with E-state index in [0.717, 1.165) is 12.3 Å². The fourth-order valence-electron chi connectivity index (χ4n) is 1.81. The molecule has 5 nitrogen and oxygen atoms in total. The molecule has 0 aromatic carbocycles. The number of ether oxygens (including phenoxy) is 1. The fraction of sp³-hybridized carbons (Fsp3) is 0.545. The molecular weight excluding hydrogens is 210 g/mol. The van der Waals surface area contributed by atoms with Gasteiger partial charge in [-0.25, -0.2) is 0 Å². The number of carbonyl (C=O) groups excluding carboxylic acids is 1. The van der Waals surface area contributed by atoms with Gasteiger partial charge in [-0.05, 0) is 12.1 Å². The van der Waals surface area contributed by atoms with Crippen molar-refractivity contribution < 1.29 is 19.1 Å². The molecule has 1 aromatic rings. The van der Waals surface area contributed by atoms with Crippen LogP contribution in [0.4, 0.5) is 0 Å². The maximum absolute atomic E-state index is 10.5. The smallest absolute Gasteiger partial charge is 0.185 e. The van der Waals surface area contributed by atoms with Crippen LogP contribution in [0.5, 0.6) is 0 Å². The zero-order valence-electron chi connectivity index (χ0n) is 8.96. The number of furan rings is 1. The van der Waals surface area contributed by atoms with Crippen molar-refractivity contribution in [3.05, 3.63) is 23.7 Å². The van der Waals surface area contributed by atoms with Crippen molar-refractivity contribution in [1.29, 1.82) is 0 Å². The maximum atomic E-state index is 10.5. The van der Waals surface area contributed by atoms with E-state index in [0.29, 0.717) is 31.8 Å². The van der Waals surface area contributed by atoms with Gasteiger partial charge in [0, 0.05) is 6.54 Å². The number of aliphatic hydroxyl groups excluding tert-OH is 1. The third-order valence-corrected chi connectivity index (χ3v) is 2.72. The first-order valence-corrected chi connectivity index (χ1v) is 5.30. The standard InChI is InChI=1S/C11H15NO4/c13-6-9-8-15-4-3-12(9)5-10-1-2-11(7-14)16-10/h1-2,7,9,13H,3-6,8H2. The van der Waals surface area contributed by atoms with Crippen molar-refractivity contribution in [1.82, 2.24) is 4.90 Å². The van der Waals surface area contributed by atoms with Crippen LogP contribution in [0.1, 0.15) is 16.3 Å². The molecular formula is C11H15NO4. The average Bonchev–Trinajstić information content (AvgIpc) is 2.77. The summed E-state index contributed by atoms with van der Waals surface area (Å²) < 4.78 is 10.6. The van der Waals surface area contributed by atoms with Crippen LogP contribution in [-0.2, 0) is 11.3 Å². The van der Waals surface area contributed by atoms with Crippen molar-refractivity contribution in [2.45, 2.75) is 12.6 Å². The molecule has 1 unspecified atom stereocenters. The Balaban J connectivity index is 1.98. The van der Waals surface area contributed by atoms with E-state index in [2.05, 4.69) is 4.90 Å². The molecule has 1 saturated heterocycles. The van der Waals surface area contributed by atoms with Gasteiger partial charge in [-0.1, -0.05) is 0 Å². The highest BCUT2D eigenvalue weighted by molar-refractivity contribution is 5.70. The van der Waals surface area contributed by atoms with Crippen LogP contribution < -0.4 is 0 Å². The fourth-order valence-corrected chi connectivity index (χ4v) is 1.81. The number of hydrogen-bond acceptors (Lipinski definition) is 5. The monoisotopic (exact) mass is 225 g/mol. The van der Waals surface area contributed by atoms with E-state index in [1.165, 1.54) is 0 Å². The molecule has 1 aliphatic heterocycles. The van der Waals surface area contributed by atoms with Crippen LogP contribution in [0, 0.1) is 0 Å². The van der Waals surface area contributed by atoms with Crippen molar-refractivity contribution >= 4 is 6.29 Å². The number of nitrogens with zero attached hydrogens (tertiary/aromatic N) is 1. The Labute approximate surface area is 93.6 Å². The Kier molecular flexibility index (Phi) is 3.71. The summed E-state index contributed by atoms with van der Waals surface area (Å²) in [4.78, 5) is 12.6. The van der Waals surface area contributed by atoms with Gasteiger partial charge in [0.15, 0.2) is 12.0 Å². The predicted octanol–water partition coefficient (Wildman–Crippen LogP) is 0.285. The molecule has 0 aliphatic carbocycles.